The van der Waals surface area contributed by atoms with Crippen molar-refractivity contribution in [3.8, 4) is 0 Å². The van der Waals surface area contributed by atoms with Gasteiger partial charge in [0, 0.05) is 32.6 Å². The molecule has 0 spiro atoms. The Bertz CT molecular complexity index is 351. The Morgan fingerprint density at radius 1 is 1.41 bits per heavy atom. The number of hydrogen-bond acceptors (Lipinski definition) is 2. The zero-order valence-electron chi connectivity index (χ0n) is 9.76. The molecule has 96 valence electrons. The van der Waals surface area contributed by atoms with Crippen molar-refractivity contribution < 1.29 is 9.13 Å². The average Bonchev–Trinajstić information content (AvgIpc) is 2.31. The molecule has 0 saturated carbocycles. The predicted molar refractivity (Wildman–Crippen MR) is 72.0 cm³/mol. The van der Waals surface area contributed by atoms with Gasteiger partial charge < -0.3 is 4.74 Å². The topological polar surface area (TPSA) is 12.5 Å². The minimum Gasteiger partial charge on any atom is -0.383 e. The van der Waals surface area contributed by atoms with Crippen LogP contribution in [0.25, 0.3) is 0 Å². The zero-order chi connectivity index (χ0) is 12.7. The largest absolute Gasteiger partial charge is 0.383 e. The van der Waals surface area contributed by atoms with Gasteiger partial charge in [-0.1, -0.05) is 6.07 Å². The van der Waals surface area contributed by atoms with E-state index >= 15 is 0 Å². The Morgan fingerprint density at radius 3 is 2.76 bits per heavy atom. The summed E-state index contributed by atoms with van der Waals surface area (Å²) in [4.78, 5) is 2.18. The van der Waals surface area contributed by atoms with Gasteiger partial charge in [0.25, 0.3) is 0 Å². The standard InChI is InChI=1S/C12H16BrClFNO/c1-17-7-6-16(5-4-14)9-10-2-3-12(15)11(13)8-10/h2-3,8H,4-7,9H2,1H3. The molecule has 0 N–H and O–H groups in total. The fraction of sp³-hybridized carbons (Fsp3) is 0.500. The van der Waals surface area contributed by atoms with Gasteiger partial charge in [-0.25, -0.2) is 4.39 Å². The summed E-state index contributed by atoms with van der Waals surface area (Å²) in [5.41, 5.74) is 1.06. The maximum Gasteiger partial charge on any atom is 0.137 e. The molecule has 0 saturated heterocycles. The monoisotopic (exact) mass is 323 g/mol. The number of nitrogens with zero attached hydrogens (tertiary/aromatic N) is 1. The lowest BCUT2D eigenvalue weighted by Crippen LogP contribution is -2.28. The molecule has 1 rings (SSSR count). The lowest BCUT2D eigenvalue weighted by molar-refractivity contribution is 0.148. The number of alkyl halides is 1. The van der Waals surface area contributed by atoms with Crippen LogP contribution in [0.1, 0.15) is 5.56 Å². The van der Waals surface area contributed by atoms with Gasteiger partial charge in [-0.2, -0.15) is 0 Å². The summed E-state index contributed by atoms with van der Waals surface area (Å²) in [7, 11) is 1.67. The van der Waals surface area contributed by atoms with Crippen molar-refractivity contribution in [2.24, 2.45) is 0 Å². The van der Waals surface area contributed by atoms with E-state index < -0.39 is 0 Å². The smallest absolute Gasteiger partial charge is 0.137 e. The molecule has 1 aromatic carbocycles. The van der Waals surface area contributed by atoms with Crippen molar-refractivity contribution in [2.75, 3.05) is 32.7 Å². The normalized spacial score (nSPS) is 11.1. The molecule has 0 radical (unpaired) electrons. The lowest BCUT2D eigenvalue weighted by atomic mass is 10.2. The van der Waals surface area contributed by atoms with Crippen LogP contribution >= 0.6 is 27.5 Å². The molecular weight excluding hydrogens is 308 g/mol. The minimum atomic E-state index is -0.241. The molecular formula is C12H16BrClFNO. The third-order valence-corrected chi connectivity index (χ3v) is 3.18. The van der Waals surface area contributed by atoms with Crippen LogP contribution in [-0.2, 0) is 11.3 Å². The summed E-state index contributed by atoms with van der Waals surface area (Å²) in [6, 6.07) is 5.05. The number of halogens is 3. The number of benzene rings is 1. The average molecular weight is 325 g/mol. The molecule has 0 unspecified atom stereocenters. The highest BCUT2D eigenvalue weighted by molar-refractivity contribution is 9.10. The second kappa shape index (κ2) is 8.03. The van der Waals surface area contributed by atoms with Gasteiger partial charge in [0.2, 0.25) is 0 Å². The second-order valence-electron chi connectivity index (χ2n) is 3.71. The number of methoxy groups -OCH3 is 1. The molecule has 1 aromatic rings. The van der Waals surface area contributed by atoms with Gasteiger partial charge >= 0.3 is 0 Å². The van der Waals surface area contributed by atoms with E-state index in [9.17, 15) is 4.39 Å². The van der Waals surface area contributed by atoms with Gasteiger partial charge in [0.15, 0.2) is 0 Å². The van der Waals surface area contributed by atoms with Crippen LogP contribution in [0.3, 0.4) is 0 Å². The van der Waals surface area contributed by atoms with Crippen LogP contribution in [0.15, 0.2) is 22.7 Å². The molecule has 0 heterocycles. The molecule has 17 heavy (non-hydrogen) atoms. The number of hydrogen-bond donors (Lipinski definition) is 0. The Balaban J connectivity index is 2.61. The predicted octanol–water partition coefficient (Wildman–Crippen LogP) is 3.28. The minimum absolute atomic E-state index is 0.241. The van der Waals surface area contributed by atoms with E-state index in [4.69, 9.17) is 16.3 Å². The first-order chi connectivity index (χ1) is 8.17. The van der Waals surface area contributed by atoms with Crippen molar-refractivity contribution in [1.29, 1.82) is 0 Å². The first-order valence-electron chi connectivity index (χ1n) is 5.38. The molecule has 0 amide bonds. The van der Waals surface area contributed by atoms with E-state index in [0.29, 0.717) is 17.0 Å². The Kier molecular flexibility index (Phi) is 7.04. The SMILES string of the molecule is COCCN(CCCl)Cc1ccc(F)c(Br)c1. The van der Waals surface area contributed by atoms with Crippen LogP contribution in [0, 0.1) is 5.82 Å². The highest BCUT2D eigenvalue weighted by Gasteiger charge is 2.07. The molecule has 0 aliphatic rings. The van der Waals surface area contributed by atoms with Crippen LogP contribution < -0.4 is 0 Å². The van der Waals surface area contributed by atoms with Crippen LogP contribution in [0.2, 0.25) is 0 Å². The third-order valence-electron chi connectivity index (χ3n) is 2.40. The number of rotatable bonds is 7. The van der Waals surface area contributed by atoms with Crippen LogP contribution in [-0.4, -0.2) is 37.6 Å². The van der Waals surface area contributed by atoms with Crippen LogP contribution in [0.4, 0.5) is 4.39 Å². The quantitative estimate of drug-likeness (QED) is 0.714. The summed E-state index contributed by atoms with van der Waals surface area (Å²) < 4.78 is 18.6. The van der Waals surface area contributed by atoms with Crippen molar-refractivity contribution in [3.63, 3.8) is 0 Å². The molecule has 0 aliphatic carbocycles. The van der Waals surface area contributed by atoms with Gasteiger partial charge in [-0.15, -0.1) is 11.6 Å². The maximum atomic E-state index is 13.1. The van der Waals surface area contributed by atoms with Crippen molar-refractivity contribution in [3.05, 3.63) is 34.1 Å². The fourth-order valence-electron chi connectivity index (χ4n) is 1.51. The molecule has 0 fully saturated rings. The number of ether oxygens (including phenoxy) is 1. The van der Waals surface area contributed by atoms with E-state index in [2.05, 4.69) is 20.8 Å². The van der Waals surface area contributed by atoms with E-state index in [1.165, 1.54) is 6.07 Å². The summed E-state index contributed by atoms with van der Waals surface area (Å²) in [5, 5.41) is 0. The molecule has 0 aliphatic heterocycles. The molecule has 5 heteroatoms. The van der Waals surface area contributed by atoms with Gasteiger partial charge in [0.1, 0.15) is 5.82 Å². The summed E-state index contributed by atoms with van der Waals surface area (Å²) >= 11 is 8.93. The highest BCUT2D eigenvalue weighted by Crippen LogP contribution is 2.17. The van der Waals surface area contributed by atoms with Crippen molar-refractivity contribution >= 4 is 27.5 Å². The first-order valence-corrected chi connectivity index (χ1v) is 6.71. The molecule has 0 atom stereocenters. The van der Waals surface area contributed by atoms with Crippen molar-refractivity contribution in [2.45, 2.75) is 6.54 Å². The summed E-state index contributed by atoms with van der Waals surface area (Å²) in [6.45, 7) is 3.02. The third kappa shape index (κ3) is 5.34. The fourth-order valence-corrected chi connectivity index (χ4v) is 2.17. The Labute approximate surface area is 115 Å². The maximum absolute atomic E-state index is 13.1. The van der Waals surface area contributed by atoms with Gasteiger partial charge in [0.05, 0.1) is 11.1 Å². The molecule has 0 bridgehead atoms. The first kappa shape index (κ1) is 14.9. The molecule has 2 nitrogen and oxygen atoms in total. The van der Waals surface area contributed by atoms with Crippen molar-refractivity contribution in [1.82, 2.24) is 4.90 Å². The summed E-state index contributed by atoms with van der Waals surface area (Å²) in [6.07, 6.45) is 0. The van der Waals surface area contributed by atoms with Gasteiger partial charge in [-0.3, -0.25) is 4.90 Å². The Hall–Kier alpha value is -0.160. The van der Waals surface area contributed by atoms with Gasteiger partial charge in [-0.05, 0) is 33.6 Å². The summed E-state index contributed by atoms with van der Waals surface area (Å²) in [5.74, 6) is 0.334. The Morgan fingerprint density at radius 2 is 2.18 bits per heavy atom. The van der Waals surface area contributed by atoms with E-state index in [-0.39, 0.29) is 5.82 Å². The zero-order valence-corrected chi connectivity index (χ0v) is 12.1. The van der Waals surface area contributed by atoms with Crippen LogP contribution in [0.5, 0.6) is 0 Å². The lowest BCUT2D eigenvalue weighted by Gasteiger charge is -2.21. The highest BCUT2D eigenvalue weighted by atomic mass is 79.9. The van der Waals surface area contributed by atoms with E-state index in [1.807, 2.05) is 0 Å². The molecule has 0 aromatic heterocycles. The van der Waals surface area contributed by atoms with E-state index in [1.54, 1.807) is 19.2 Å². The second-order valence-corrected chi connectivity index (χ2v) is 4.94. The van der Waals surface area contributed by atoms with E-state index in [0.717, 1.165) is 25.2 Å².